The molecule has 0 saturated carbocycles. The highest BCUT2D eigenvalue weighted by Crippen LogP contribution is 2.31. The molecule has 27 heavy (non-hydrogen) atoms. The van der Waals surface area contributed by atoms with Crippen LogP contribution in [0.25, 0.3) is 0 Å². The van der Waals surface area contributed by atoms with E-state index in [4.69, 9.17) is 9.26 Å². The van der Waals surface area contributed by atoms with Gasteiger partial charge < -0.3 is 14.4 Å². The van der Waals surface area contributed by atoms with E-state index in [-0.39, 0.29) is 5.88 Å². The molecule has 0 aromatic carbocycles. The Balaban J connectivity index is 2.16. The quantitative estimate of drug-likeness (QED) is 0.716. The van der Waals surface area contributed by atoms with Crippen LogP contribution in [0.3, 0.4) is 0 Å². The summed E-state index contributed by atoms with van der Waals surface area (Å²) in [5.74, 6) is -0.618. The molecular formula is C18H30N2O6S. The third kappa shape index (κ3) is 4.20. The summed E-state index contributed by atoms with van der Waals surface area (Å²) in [6.45, 7) is 9.06. The van der Waals surface area contributed by atoms with Gasteiger partial charge >= 0.3 is 0 Å². The number of carbonyl (C=O) groups excluding carboxylic acids is 1. The van der Waals surface area contributed by atoms with Crippen LogP contribution in [0.5, 0.6) is 0 Å². The molecule has 0 radical (unpaired) electrons. The zero-order chi connectivity index (χ0) is 20.5. The zero-order valence-electron chi connectivity index (χ0n) is 16.6. The summed E-state index contributed by atoms with van der Waals surface area (Å²) in [6, 6.07) is 1.52. The number of rotatable bonds is 7. The second-order valence-electron chi connectivity index (χ2n) is 8.04. The van der Waals surface area contributed by atoms with Crippen LogP contribution in [-0.4, -0.2) is 53.9 Å². The molecule has 8 nitrogen and oxygen atoms in total. The first-order chi connectivity index (χ1) is 12.4. The third-order valence-electron chi connectivity index (χ3n) is 5.49. The van der Waals surface area contributed by atoms with E-state index in [1.54, 1.807) is 0 Å². The maximum absolute atomic E-state index is 12.9. The van der Waals surface area contributed by atoms with Crippen molar-refractivity contribution in [3.8, 4) is 0 Å². The number of sulfone groups is 1. The van der Waals surface area contributed by atoms with Crippen molar-refractivity contribution in [1.29, 1.82) is 0 Å². The van der Waals surface area contributed by atoms with Crippen LogP contribution in [0.2, 0.25) is 0 Å². The number of aliphatic hydroxyl groups excluding tert-OH is 1. The Morgan fingerprint density at radius 2 is 1.93 bits per heavy atom. The molecule has 0 bridgehead atoms. The highest BCUT2D eigenvalue weighted by Gasteiger charge is 2.47. The van der Waals surface area contributed by atoms with Gasteiger partial charge in [-0.1, -0.05) is 25.9 Å². The number of anilines is 1. The zero-order valence-corrected chi connectivity index (χ0v) is 17.4. The Labute approximate surface area is 160 Å². The molecule has 0 unspecified atom stereocenters. The predicted molar refractivity (Wildman–Crippen MR) is 101 cm³/mol. The molecule has 9 heteroatoms. The van der Waals surface area contributed by atoms with E-state index in [9.17, 15) is 18.3 Å². The van der Waals surface area contributed by atoms with Crippen LogP contribution in [0, 0.1) is 0 Å². The minimum atomic E-state index is -3.71. The third-order valence-corrected chi connectivity index (χ3v) is 8.45. The first-order valence-corrected chi connectivity index (χ1v) is 10.8. The standard InChI is InChI=1S/C18H30N2O6S/c1-6-14(21)17(2,3)13-11-15(26-20-13)19-16(22)18(4,5)27(23,24)12-7-9-25-10-8-12/h11-12,14,21H,6-10H2,1-5H3,(H,19,22)/t14-/m0/s1. The van der Waals surface area contributed by atoms with Crippen LogP contribution in [-0.2, 0) is 24.8 Å². The summed E-state index contributed by atoms with van der Waals surface area (Å²) in [6.07, 6.45) is 0.678. The number of aromatic nitrogens is 1. The summed E-state index contributed by atoms with van der Waals surface area (Å²) in [5.41, 5.74) is -0.178. The number of aliphatic hydroxyl groups is 1. The van der Waals surface area contributed by atoms with Crippen molar-refractivity contribution in [1.82, 2.24) is 5.16 Å². The van der Waals surface area contributed by atoms with Crippen molar-refractivity contribution >= 4 is 21.6 Å². The smallest absolute Gasteiger partial charge is 0.247 e. The van der Waals surface area contributed by atoms with Gasteiger partial charge in [0.15, 0.2) is 9.84 Å². The highest BCUT2D eigenvalue weighted by atomic mass is 32.2. The minimum absolute atomic E-state index is 0.0571. The topological polar surface area (TPSA) is 119 Å². The van der Waals surface area contributed by atoms with Gasteiger partial charge in [-0.3, -0.25) is 10.1 Å². The number of hydrogen-bond acceptors (Lipinski definition) is 7. The second-order valence-corrected chi connectivity index (χ2v) is 10.8. The number of ether oxygens (including phenoxy) is 1. The second kappa shape index (κ2) is 7.89. The lowest BCUT2D eigenvalue weighted by Crippen LogP contribution is -2.50. The number of amides is 1. The van der Waals surface area contributed by atoms with E-state index >= 15 is 0 Å². The Kier molecular flexibility index (Phi) is 6.38. The van der Waals surface area contributed by atoms with E-state index in [1.165, 1.54) is 19.9 Å². The van der Waals surface area contributed by atoms with E-state index < -0.39 is 37.3 Å². The lowest BCUT2D eigenvalue weighted by molar-refractivity contribution is -0.118. The lowest BCUT2D eigenvalue weighted by atomic mass is 9.82. The van der Waals surface area contributed by atoms with Gasteiger partial charge in [0.05, 0.1) is 17.0 Å². The van der Waals surface area contributed by atoms with Crippen molar-refractivity contribution in [3.05, 3.63) is 11.8 Å². The molecule has 2 rings (SSSR count). The average Bonchev–Trinajstić information content (AvgIpc) is 3.10. The van der Waals surface area contributed by atoms with Crippen LogP contribution in [0.15, 0.2) is 10.6 Å². The molecule has 1 aromatic heterocycles. The molecule has 1 fully saturated rings. The largest absolute Gasteiger partial charge is 0.392 e. The van der Waals surface area contributed by atoms with Crippen LogP contribution in [0.1, 0.15) is 59.6 Å². The van der Waals surface area contributed by atoms with Gasteiger partial charge in [0.25, 0.3) is 0 Å². The maximum Gasteiger partial charge on any atom is 0.247 e. The van der Waals surface area contributed by atoms with Crippen molar-refractivity contribution in [2.24, 2.45) is 0 Å². The number of nitrogens with zero attached hydrogens (tertiary/aromatic N) is 1. The summed E-state index contributed by atoms with van der Waals surface area (Å²) < 4.78 is 34.6. The highest BCUT2D eigenvalue weighted by molar-refractivity contribution is 7.94. The van der Waals surface area contributed by atoms with Crippen LogP contribution in [0.4, 0.5) is 5.88 Å². The first kappa shape index (κ1) is 21.8. The van der Waals surface area contributed by atoms with Crippen molar-refractivity contribution < 1.29 is 27.6 Å². The molecule has 154 valence electrons. The molecule has 1 aromatic rings. The van der Waals surface area contributed by atoms with Crippen molar-refractivity contribution in [2.75, 3.05) is 18.5 Å². The SMILES string of the molecule is CC[C@H](O)C(C)(C)c1cc(NC(=O)C(C)(C)S(=O)(=O)C2CCOCC2)on1. The van der Waals surface area contributed by atoms with Crippen molar-refractivity contribution in [2.45, 2.75) is 75.4 Å². The molecule has 2 N–H and O–H groups in total. The minimum Gasteiger partial charge on any atom is -0.392 e. The predicted octanol–water partition coefficient (Wildman–Crippen LogP) is 2.03. The fraction of sp³-hybridized carbons (Fsp3) is 0.778. The monoisotopic (exact) mass is 402 g/mol. The van der Waals surface area contributed by atoms with E-state index in [0.717, 1.165) is 0 Å². The Hall–Kier alpha value is -1.45. The number of nitrogens with one attached hydrogen (secondary N) is 1. The molecule has 1 aliphatic heterocycles. The van der Waals surface area contributed by atoms with Gasteiger partial charge in [0.1, 0.15) is 4.75 Å². The van der Waals surface area contributed by atoms with Gasteiger partial charge in [-0.25, -0.2) is 8.42 Å². The molecule has 2 heterocycles. The van der Waals surface area contributed by atoms with Crippen LogP contribution >= 0.6 is 0 Å². The summed E-state index contributed by atoms with van der Waals surface area (Å²) >= 11 is 0. The molecule has 1 saturated heterocycles. The van der Waals surface area contributed by atoms with Gasteiger partial charge in [-0.05, 0) is 33.1 Å². The Morgan fingerprint density at radius 3 is 2.48 bits per heavy atom. The number of carbonyl (C=O) groups is 1. The van der Waals surface area contributed by atoms with Crippen molar-refractivity contribution in [3.63, 3.8) is 0 Å². The van der Waals surface area contributed by atoms with E-state index in [2.05, 4.69) is 10.5 Å². The van der Waals surface area contributed by atoms with Crippen LogP contribution < -0.4 is 5.32 Å². The summed E-state index contributed by atoms with van der Waals surface area (Å²) in [4.78, 5) is 12.7. The lowest BCUT2D eigenvalue weighted by Gasteiger charge is -2.30. The molecule has 1 amide bonds. The molecule has 1 aliphatic rings. The number of hydrogen-bond donors (Lipinski definition) is 2. The van der Waals surface area contributed by atoms with E-state index in [0.29, 0.717) is 38.2 Å². The van der Waals surface area contributed by atoms with Gasteiger partial charge in [-0.2, -0.15) is 0 Å². The summed E-state index contributed by atoms with van der Waals surface area (Å²) in [5, 5.41) is 16.0. The average molecular weight is 403 g/mol. The Morgan fingerprint density at radius 1 is 1.33 bits per heavy atom. The molecular weight excluding hydrogens is 372 g/mol. The maximum atomic E-state index is 12.9. The normalized spacial score (nSPS) is 18.3. The Bertz CT molecular complexity index is 763. The van der Waals surface area contributed by atoms with E-state index in [1.807, 2.05) is 20.8 Å². The summed E-state index contributed by atoms with van der Waals surface area (Å²) in [7, 11) is -3.71. The molecule has 0 spiro atoms. The van der Waals surface area contributed by atoms with Gasteiger partial charge in [-0.15, -0.1) is 0 Å². The van der Waals surface area contributed by atoms with Gasteiger partial charge in [0, 0.05) is 24.7 Å². The fourth-order valence-electron chi connectivity index (χ4n) is 3.11. The van der Waals surface area contributed by atoms with Gasteiger partial charge in [0.2, 0.25) is 11.8 Å². The molecule has 0 aliphatic carbocycles. The fourth-order valence-corrected chi connectivity index (χ4v) is 5.07. The first-order valence-electron chi connectivity index (χ1n) is 9.22. The molecule has 1 atom stereocenters.